The van der Waals surface area contributed by atoms with Gasteiger partial charge in [-0.2, -0.15) is 0 Å². The number of ether oxygens (including phenoxy) is 2. The SMILES string of the molecule is CC(C(=O)NC1CCN(C(=O)OC(C)(C)C)CC1)[C@H]1[C@@H]2C[C@@H](Oc3ccnc4ccc(F)cc34)C[C@@H]21. The molecule has 1 unspecified atom stereocenters. The first kappa shape index (κ1) is 24.8. The van der Waals surface area contributed by atoms with Crippen molar-refractivity contribution in [3.8, 4) is 5.75 Å². The first-order valence-corrected chi connectivity index (χ1v) is 13.1. The van der Waals surface area contributed by atoms with Crippen LogP contribution in [0.1, 0.15) is 53.4 Å². The van der Waals surface area contributed by atoms with Crippen LogP contribution in [0.25, 0.3) is 10.9 Å². The summed E-state index contributed by atoms with van der Waals surface area (Å²) in [6.07, 6.45) is 4.81. The van der Waals surface area contributed by atoms with Crippen LogP contribution in [-0.4, -0.2) is 52.7 Å². The smallest absolute Gasteiger partial charge is 0.410 e. The van der Waals surface area contributed by atoms with Crippen LogP contribution in [0.5, 0.6) is 5.75 Å². The van der Waals surface area contributed by atoms with Crippen molar-refractivity contribution in [1.82, 2.24) is 15.2 Å². The van der Waals surface area contributed by atoms with E-state index in [2.05, 4.69) is 10.3 Å². The van der Waals surface area contributed by atoms with Gasteiger partial charge in [0.15, 0.2) is 0 Å². The molecule has 0 spiro atoms. The molecule has 1 N–H and O–H groups in total. The first-order valence-electron chi connectivity index (χ1n) is 13.1. The van der Waals surface area contributed by atoms with Gasteiger partial charge >= 0.3 is 6.09 Å². The number of carbonyl (C=O) groups is 2. The molecule has 2 saturated carbocycles. The van der Waals surface area contributed by atoms with Crippen molar-refractivity contribution in [2.75, 3.05) is 13.1 Å². The van der Waals surface area contributed by atoms with Gasteiger partial charge in [0.05, 0.1) is 11.6 Å². The van der Waals surface area contributed by atoms with E-state index in [9.17, 15) is 14.0 Å². The van der Waals surface area contributed by atoms with E-state index in [0.29, 0.717) is 42.0 Å². The second kappa shape index (κ2) is 9.52. The van der Waals surface area contributed by atoms with Crippen molar-refractivity contribution in [2.45, 2.75) is 71.1 Å². The molecule has 2 amide bonds. The Morgan fingerprint density at radius 3 is 2.50 bits per heavy atom. The van der Waals surface area contributed by atoms with Crippen LogP contribution in [-0.2, 0) is 9.53 Å². The Morgan fingerprint density at radius 1 is 1.14 bits per heavy atom. The highest BCUT2D eigenvalue weighted by Crippen LogP contribution is 2.61. The predicted molar refractivity (Wildman–Crippen MR) is 134 cm³/mol. The van der Waals surface area contributed by atoms with Gasteiger partial charge in [-0.3, -0.25) is 9.78 Å². The molecule has 7 nitrogen and oxygen atoms in total. The number of likely N-dealkylation sites (tertiary alicyclic amines) is 1. The zero-order chi connectivity index (χ0) is 25.6. The number of piperidine rings is 1. The molecule has 36 heavy (non-hydrogen) atoms. The summed E-state index contributed by atoms with van der Waals surface area (Å²) in [5.41, 5.74) is 0.214. The van der Waals surface area contributed by atoms with E-state index < -0.39 is 5.60 Å². The fourth-order valence-corrected chi connectivity index (χ4v) is 6.10. The van der Waals surface area contributed by atoms with Crippen LogP contribution in [0.3, 0.4) is 0 Å². The molecule has 5 atom stereocenters. The summed E-state index contributed by atoms with van der Waals surface area (Å²) < 4.78 is 25.5. The third-order valence-electron chi connectivity index (χ3n) is 7.91. The summed E-state index contributed by atoms with van der Waals surface area (Å²) in [6, 6.07) is 6.44. The summed E-state index contributed by atoms with van der Waals surface area (Å²) in [5.74, 6) is 1.82. The molecular formula is C28H36FN3O4. The highest BCUT2D eigenvalue weighted by Gasteiger charge is 2.59. The molecule has 1 aromatic heterocycles. The van der Waals surface area contributed by atoms with Crippen molar-refractivity contribution in [1.29, 1.82) is 0 Å². The van der Waals surface area contributed by atoms with E-state index >= 15 is 0 Å². The molecule has 3 aliphatic rings. The average molecular weight is 498 g/mol. The van der Waals surface area contributed by atoms with Crippen LogP contribution >= 0.6 is 0 Å². The zero-order valence-corrected chi connectivity index (χ0v) is 21.5. The minimum Gasteiger partial charge on any atom is -0.490 e. The third kappa shape index (κ3) is 5.27. The lowest BCUT2D eigenvalue weighted by molar-refractivity contribution is -0.126. The molecule has 8 heteroatoms. The molecule has 2 aromatic rings. The number of hydrogen-bond donors (Lipinski definition) is 1. The Morgan fingerprint density at radius 2 is 1.83 bits per heavy atom. The van der Waals surface area contributed by atoms with Gasteiger partial charge in [-0.15, -0.1) is 0 Å². The molecule has 1 saturated heterocycles. The van der Waals surface area contributed by atoms with E-state index in [0.717, 1.165) is 31.2 Å². The number of fused-ring (bicyclic) bond motifs is 2. The molecule has 5 rings (SSSR count). The molecule has 0 bridgehead atoms. The van der Waals surface area contributed by atoms with Crippen LogP contribution in [0.4, 0.5) is 9.18 Å². The average Bonchev–Trinajstić information content (AvgIpc) is 3.32. The van der Waals surface area contributed by atoms with Gasteiger partial charge in [0.1, 0.15) is 17.2 Å². The quantitative estimate of drug-likeness (QED) is 0.634. The second-order valence-corrected chi connectivity index (χ2v) is 11.6. The van der Waals surface area contributed by atoms with E-state index in [1.54, 1.807) is 23.2 Å². The molecule has 0 radical (unpaired) electrons. The lowest BCUT2D eigenvalue weighted by Crippen LogP contribution is -2.49. The Labute approximate surface area is 211 Å². The molecular weight excluding hydrogens is 461 g/mol. The minimum atomic E-state index is -0.506. The molecule has 1 aliphatic heterocycles. The minimum absolute atomic E-state index is 0.0410. The fraction of sp³-hybridized carbons (Fsp3) is 0.607. The number of benzene rings is 1. The van der Waals surface area contributed by atoms with Crippen LogP contribution in [0, 0.1) is 29.5 Å². The number of hydrogen-bond acceptors (Lipinski definition) is 5. The van der Waals surface area contributed by atoms with Gasteiger partial charge in [-0.25, -0.2) is 9.18 Å². The summed E-state index contributed by atoms with van der Waals surface area (Å²) >= 11 is 0. The standard InChI is InChI=1S/C28H36FN3O4/c1-16(26(33)31-18-8-11-32(12-9-18)27(34)36-28(2,3)4)25-20-14-19(15-21(20)25)35-24-7-10-30-23-6-5-17(29)13-22(23)24/h5-7,10,13,16,18-21,25H,8-9,11-12,14-15H2,1-4H3,(H,31,33)/t16?,19-,20-,21+,25+. The maximum atomic E-state index is 13.8. The molecule has 1 aromatic carbocycles. The van der Waals surface area contributed by atoms with Gasteiger partial charge in [0.2, 0.25) is 5.91 Å². The molecule has 3 fully saturated rings. The Hall–Kier alpha value is -2.90. The van der Waals surface area contributed by atoms with E-state index in [1.807, 2.05) is 27.7 Å². The van der Waals surface area contributed by atoms with Crippen molar-refractivity contribution < 1.29 is 23.5 Å². The monoisotopic (exact) mass is 497 g/mol. The number of amides is 2. The molecule has 2 heterocycles. The van der Waals surface area contributed by atoms with Crippen molar-refractivity contribution in [3.63, 3.8) is 0 Å². The molecule has 194 valence electrons. The Balaban J connectivity index is 1.08. The summed E-state index contributed by atoms with van der Waals surface area (Å²) in [5, 5.41) is 3.92. The summed E-state index contributed by atoms with van der Waals surface area (Å²) in [4.78, 5) is 31.3. The number of carbonyl (C=O) groups excluding carboxylic acids is 2. The fourth-order valence-electron chi connectivity index (χ4n) is 6.10. The van der Waals surface area contributed by atoms with Crippen molar-refractivity contribution in [2.24, 2.45) is 23.7 Å². The van der Waals surface area contributed by atoms with Crippen molar-refractivity contribution in [3.05, 3.63) is 36.3 Å². The summed E-state index contributed by atoms with van der Waals surface area (Å²) in [6.45, 7) is 8.81. The number of pyridine rings is 1. The van der Waals surface area contributed by atoms with Gasteiger partial charge in [-0.05, 0) is 88.5 Å². The number of rotatable bonds is 5. The lowest BCUT2D eigenvalue weighted by atomic mass is 9.96. The largest absolute Gasteiger partial charge is 0.490 e. The van der Waals surface area contributed by atoms with Crippen LogP contribution in [0.15, 0.2) is 30.5 Å². The van der Waals surface area contributed by atoms with Gasteiger partial charge in [-0.1, -0.05) is 6.92 Å². The highest BCUT2D eigenvalue weighted by atomic mass is 19.1. The highest BCUT2D eigenvalue weighted by molar-refractivity contribution is 5.84. The van der Waals surface area contributed by atoms with E-state index in [-0.39, 0.29) is 35.9 Å². The normalized spacial score (nSPS) is 26.9. The Kier molecular flexibility index (Phi) is 6.55. The first-order chi connectivity index (χ1) is 17.1. The number of halogens is 1. The second-order valence-electron chi connectivity index (χ2n) is 11.6. The maximum Gasteiger partial charge on any atom is 0.410 e. The zero-order valence-electron chi connectivity index (χ0n) is 21.5. The van der Waals surface area contributed by atoms with E-state index in [4.69, 9.17) is 9.47 Å². The van der Waals surface area contributed by atoms with E-state index in [1.165, 1.54) is 12.1 Å². The van der Waals surface area contributed by atoms with Gasteiger partial charge in [0.25, 0.3) is 0 Å². The van der Waals surface area contributed by atoms with Gasteiger partial charge < -0.3 is 19.7 Å². The maximum absolute atomic E-state index is 13.8. The summed E-state index contributed by atoms with van der Waals surface area (Å²) in [7, 11) is 0. The van der Waals surface area contributed by atoms with Crippen molar-refractivity contribution >= 4 is 22.9 Å². The number of nitrogens with zero attached hydrogens (tertiary/aromatic N) is 2. The topological polar surface area (TPSA) is 80.8 Å². The number of aromatic nitrogens is 1. The predicted octanol–water partition coefficient (Wildman–Crippen LogP) is 4.93. The van der Waals surface area contributed by atoms with Gasteiger partial charge in [0, 0.05) is 36.6 Å². The molecule has 2 aliphatic carbocycles. The van der Waals surface area contributed by atoms with Crippen LogP contribution in [0.2, 0.25) is 0 Å². The lowest BCUT2D eigenvalue weighted by Gasteiger charge is -2.34. The number of nitrogens with one attached hydrogen (secondary N) is 1. The van der Waals surface area contributed by atoms with Crippen LogP contribution < -0.4 is 10.1 Å². The Bertz CT molecular complexity index is 1130. The third-order valence-corrected chi connectivity index (χ3v) is 7.91.